The van der Waals surface area contributed by atoms with Crippen LogP contribution >= 0.6 is 0 Å². The molecule has 2 aromatic carbocycles. The number of hydrogen-bond donors (Lipinski definition) is 0. The zero-order chi connectivity index (χ0) is 19.3. The molecule has 0 bridgehead atoms. The summed E-state index contributed by atoms with van der Waals surface area (Å²) in [6.07, 6.45) is 2.48. The van der Waals surface area contributed by atoms with Crippen LogP contribution in [0.2, 0.25) is 0 Å². The summed E-state index contributed by atoms with van der Waals surface area (Å²) < 4.78 is 4.01. The smallest absolute Gasteiger partial charge is 0.168 e. The van der Waals surface area contributed by atoms with Crippen LogP contribution in [0.15, 0.2) is 60.9 Å². The van der Waals surface area contributed by atoms with Crippen LogP contribution in [0, 0.1) is 20.8 Å². The fourth-order valence-corrected chi connectivity index (χ4v) is 3.84. The van der Waals surface area contributed by atoms with Gasteiger partial charge in [0.2, 0.25) is 0 Å². The number of aryl methyl sites for hydroxylation is 2. The van der Waals surface area contributed by atoms with Gasteiger partial charge in [-0.25, -0.2) is 14.5 Å². The van der Waals surface area contributed by atoms with E-state index in [2.05, 4.69) is 66.8 Å². The molecule has 3 heterocycles. The van der Waals surface area contributed by atoms with Gasteiger partial charge in [-0.15, -0.1) is 5.10 Å². The maximum absolute atomic E-state index is 4.86. The van der Waals surface area contributed by atoms with E-state index in [4.69, 9.17) is 9.97 Å². The zero-order valence-electron chi connectivity index (χ0n) is 16.2. The summed E-state index contributed by atoms with van der Waals surface area (Å²) in [7, 11) is 0. The van der Waals surface area contributed by atoms with Crippen molar-refractivity contribution in [2.45, 2.75) is 27.2 Å². The predicted molar refractivity (Wildman–Crippen MR) is 111 cm³/mol. The van der Waals surface area contributed by atoms with Crippen LogP contribution in [0.4, 0.5) is 0 Å². The van der Waals surface area contributed by atoms with Gasteiger partial charge in [0.25, 0.3) is 0 Å². The van der Waals surface area contributed by atoms with Crippen LogP contribution in [0.1, 0.15) is 28.2 Å². The monoisotopic (exact) mass is 367 g/mol. The van der Waals surface area contributed by atoms with E-state index in [1.54, 1.807) is 10.8 Å². The fraction of sp³-hybridized carbons (Fsp3) is 0.174. The summed E-state index contributed by atoms with van der Waals surface area (Å²) in [5.41, 5.74) is 7.70. The Kier molecular flexibility index (Phi) is 3.76. The van der Waals surface area contributed by atoms with E-state index in [1.165, 1.54) is 22.4 Å². The number of aromatic nitrogens is 5. The van der Waals surface area contributed by atoms with Crippen molar-refractivity contribution in [3.63, 3.8) is 0 Å². The third kappa shape index (κ3) is 2.59. The van der Waals surface area contributed by atoms with E-state index in [-0.39, 0.29) is 0 Å². The Morgan fingerprint density at radius 2 is 1.71 bits per heavy atom. The van der Waals surface area contributed by atoms with Crippen molar-refractivity contribution in [3.05, 3.63) is 89.1 Å². The molecule has 0 saturated carbocycles. The number of nitrogens with zero attached hydrogens (tertiary/aromatic N) is 5. The van der Waals surface area contributed by atoms with E-state index in [0.717, 1.165) is 28.2 Å². The quantitative estimate of drug-likeness (QED) is 0.469. The molecule has 3 aromatic heterocycles. The highest BCUT2D eigenvalue weighted by Crippen LogP contribution is 2.30. The van der Waals surface area contributed by atoms with Crippen LogP contribution in [0.25, 0.3) is 22.4 Å². The lowest BCUT2D eigenvalue weighted by Crippen LogP contribution is -1.99. The van der Waals surface area contributed by atoms with E-state index in [9.17, 15) is 0 Å². The average Bonchev–Trinajstić information content (AvgIpc) is 3.21. The van der Waals surface area contributed by atoms with Crippen LogP contribution < -0.4 is 0 Å². The highest BCUT2D eigenvalue weighted by Gasteiger charge is 2.19. The van der Waals surface area contributed by atoms with Gasteiger partial charge in [0.05, 0.1) is 5.39 Å². The molecule has 0 radical (unpaired) electrons. The van der Waals surface area contributed by atoms with Crippen LogP contribution in [0.5, 0.6) is 0 Å². The highest BCUT2D eigenvalue weighted by molar-refractivity contribution is 5.95. The molecule has 0 amide bonds. The molecule has 0 spiro atoms. The average molecular weight is 367 g/mol. The zero-order valence-corrected chi connectivity index (χ0v) is 16.2. The van der Waals surface area contributed by atoms with Gasteiger partial charge in [-0.1, -0.05) is 42.5 Å². The van der Waals surface area contributed by atoms with Gasteiger partial charge in [-0.2, -0.15) is 0 Å². The highest BCUT2D eigenvalue weighted by atomic mass is 15.3. The fourth-order valence-electron chi connectivity index (χ4n) is 3.84. The van der Waals surface area contributed by atoms with Crippen molar-refractivity contribution in [1.82, 2.24) is 24.1 Å². The topological polar surface area (TPSA) is 48.0 Å². The Morgan fingerprint density at radius 3 is 2.50 bits per heavy atom. The summed E-state index contributed by atoms with van der Waals surface area (Å²) in [6, 6.07) is 18.8. The first-order chi connectivity index (χ1) is 13.6. The minimum Gasteiger partial charge on any atom is -0.298 e. The first-order valence-electron chi connectivity index (χ1n) is 9.44. The Bertz CT molecular complexity index is 1310. The van der Waals surface area contributed by atoms with Crippen molar-refractivity contribution in [3.8, 4) is 5.69 Å². The molecule has 0 N–H and O–H groups in total. The van der Waals surface area contributed by atoms with Crippen molar-refractivity contribution in [2.24, 2.45) is 0 Å². The maximum Gasteiger partial charge on any atom is 0.168 e. The number of benzene rings is 2. The lowest BCUT2D eigenvalue weighted by atomic mass is 10.1. The Morgan fingerprint density at radius 1 is 0.893 bits per heavy atom. The molecular weight excluding hydrogens is 346 g/mol. The molecule has 5 aromatic rings. The summed E-state index contributed by atoms with van der Waals surface area (Å²) >= 11 is 0. The molecule has 0 saturated heterocycles. The van der Waals surface area contributed by atoms with Gasteiger partial charge in [0.1, 0.15) is 6.33 Å². The van der Waals surface area contributed by atoms with Crippen molar-refractivity contribution in [1.29, 1.82) is 0 Å². The van der Waals surface area contributed by atoms with E-state index < -0.39 is 0 Å². The van der Waals surface area contributed by atoms with E-state index in [0.29, 0.717) is 6.42 Å². The molecule has 5 heteroatoms. The molecule has 0 aliphatic carbocycles. The molecule has 5 nitrogen and oxygen atoms in total. The second-order valence-corrected chi connectivity index (χ2v) is 7.29. The third-order valence-electron chi connectivity index (χ3n) is 5.34. The van der Waals surface area contributed by atoms with Crippen LogP contribution in [-0.2, 0) is 6.42 Å². The lowest BCUT2D eigenvalue weighted by molar-refractivity contribution is 0.879. The van der Waals surface area contributed by atoms with Crippen LogP contribution in [0.3, 0.4) is 0 Å². The molecule has 28 heavy (non-hydrogen) atoms. The Hall–Kier alpha value is -3.47. The van der Waals surface area contributed by atoms with Gasteiger partial charge >= 0.3 is 0 Å². The van der Waals surface area contributed by atoms with E-state index >= 15 is 0 Å². The summed E-state index contributed by atoms with van der Waals surface area (Å²) in [5.74, 6) is 0.806. The van der Waals surface area contributed by atoms with E-state index in [1.807, 2.05) is 18.2 Å². The summed E-state index contributed by atoms with van der Waals surface area (Å²) in [5, 5.41) is 5.72. The van der Waals surface area contributed by atoms with Crippen molar-refractivity contribution < 1.29 is 0 Å². The van der Waals surface area contributed by atoms with Gasteiger partial charge in [-0.05, 0) is 49.6 Å². The lowest BCUT2D eigenvalue weighted by Gasteiger charge is -2.08. The molecule has 0 unspecified atom stereocenters. The molecule has 138 valence electrons. The van der Waals surface area contributed by atoms with Gasteiger partial charge < -0.3 is 0 Å². The largest absolute Gasteiger partial charge is 0.298 e. The molecular formula is C23H21N5. The van der Waals surface area contributed by atoms with Gasteiger partial charge in [-0.3, -0.25) is 4.57 Å². The minimum atomic E-state index is 0.709. The van der Waals surface area contributed by atoms with Crippen molar-refractivity contribution >= 4 is 16.7 Å². The van der Waals surface area contributed by atoms with Gasteiger partial charge in [0, 0.05) is 17.8 Å². The first kappa shape index (κ1) is 16.7. The normalized spacial score (nSPS) is 11.5. The molecule has 0 aliphatic heterocycles. The van der Waals surface area contributed by atoms with Crippen molar-refractivity contribution in [2.75, 3.05) is 0 Å². The third-order valence-corrected chi connectivity index (χ3v) is 5.34. The number of fused-ring (bicyclic) bond motifs is 3. The second kappa shape index (κ2) is 6.30. The first-order valence-corrected chi connectivity index (χ1v) is 9.44. The Labute approximate surface area is 163 Å². The molecule has 5 rings (SSSR count). The van der Waals surface area contributed by atoms with Gasteiger partial charge in [0.15, 0.2) is 17.1 Å². The number of hydrogen-bond acceptors (Lipinski definition) is 3. The summed E-state index contributed by atoms with van der Waals surface area (Å²) in [6.45, 7) is 6.38. The maximum atomic E-state index is 4.86. The molecule has 0 aliphatic rings. The predicted octanol–water partition coefficient (Wildman–Crippen LogP) is 4.58. The SMILES string of the molecule is Cc1cccc(-n2c(C)c(C)c3c2ncn2nc(Cc4ccccc4)nc32)c1. The Balaban J connectivity index is 1.71. The van der Waals surface area contributed by atoms with Crippen LogP contribution in [-0.4, -0.2) is 24.1 Å². The summed E-state index contributed by atoms with van der Waals surface area (Å²) in [4.78, 5) is 9.60. The number of rotatable bonds is 3. The molecule has 0 fully saturated rings. The standard InChI is InChI=1S/C23H21N5/c1-15-8-7-11-19(12-15)28-17(3)16(2)21-22(28)24-14-27-23(21)25-20(26-27)13-18-9-5-4-6-10-18/h4-12,14H,13H2,1-3H3. The molecule has 0 atom stereocenters. The minimum absolute atomic E-state index is 0.709. The second-order valence-electron chi connectivity index (χ2n) is 7.29.